The molecule has 1 heterocycles. The van der Waals surface area contributed by atoms with Crippen molar-refractivity contribution in [3.8, 4) is 0 Å². The fourth-order valence-corrected chi connectivity index (χ4v) is 6.03. The highest BCUT2D eigenvalue weighted by Gasteiger charge is 2.74. The highest BCUT2D eigenvalue weighted by Crippen LogP contribution is 2.72. The second kappa shape index (κ2) is 3.20. The van der Waals surface area contributed by atoms with E-state index in [4.69, 9.17) is 15.4 Å². The summed E-state index contributed by atoms with van der Waals surface area (Å²) in [5.74, 6) is 0.521. The van der Waals surface area contributed by atoms with Crippen LogP contribution in [0.25, 0.3) is 0 Å². The quantitative estimate of drug-likeness (QED) is 0.729. The molecule has 2 saturated carbocycles. The molecule has 1 spiro atoms. The Bertz CT molecular complexity index is 458. The van der Waals surface area contributed by atoms with Crippen LogP contribution in [0.15, 0.2) is 0 Å². The van der Waals surface area contributed by atoms with Crippen LogP contribution in [-0.2, 0) is 13.8 Å². The minimum Gasteiger partial charge on any atom is -0.374 e. The van der Waals surface area contributed by atoms with Gasteiger partial charge in [-0.05, 0) is 37.0 Å². The van der Waals surface area contributed by atoms with Gasteiger partial charge in [-0.1, -0.05) is 13.8 Å². The first-order valence-corrected chi connectivity index (χ1v) is 8.72. The number of halogens is 1. The van der Waals surface area contributed by atoms with Gasteiger partial charge in [-0.2, -0.15) is 0 Å². The van der Waals surface area contributed by atoms with E-state index in [9.17, 15) is 8.42 Å². The van der Waals surface area contributed by atoms with Crippen molar-refractivity contribution in [3.63, 3.8) is 0 Å². The molecule has 3 unspecified atom stereocenters. The molecular weight excluding hydrogens is 260 g/mol. The first-order chi connectivity index (χ1) is 7.68. The van der Waals surface area contributed by atoms with E-state index in [-0.39, 0.29) is 22.2 Å². The van der Waals surface area contributed by atoms with E-state index < -0.39 is 9.05 Å². The van der Waals surface area contributed by atoms with Gasteiger partial charge in [0.15, 0.2) is 0 Å². The van der Waals surface area contributed by atoms with Gasteiger partial charge in [0.05, 0.1) is 18.0 Å². The summed E-state index contributed by atoms with van der Waals surface area (Å²) in [5, 5.41) is 0. The third kappa shape index (κ3) is 1.75. The molecule has 3 rings (SSSR count). The van der Waals surface area contributed by atoms with Crippen LogP contribution in [0.5, 0.6) is 0 Å². The minimum absolute atomic E-state index is 0.0995. The van der Waals surface area contributed by atoms with Crippen LogP contribution < -0.4 is 0 Å². The molecule has 0 N–H and O–H groups in total. The lowest BCUT2D eigenvalue weighted by Crippen LogP contribution is -2.41. The number of hydrogen-bond acceptors (Lipinski definition) is 3. The molecule has 0 radical (unpaired) electrons. The first kappa shape index (κ1) is 12.2. The van der Waals surface area contributed by atoms with Crippen molar-refractivity contribution in [2.45, 2.75) is 45.1 Å². The SMILES string of the molecule is CC1(C)CCC2(C1)OCC1CC12CS(=O)(=O)Cl. The van der Waals surface area contributed by atoms with Crippen molar-refractivity contribution in [2.75, 3.05) is 12.4 Å². The van der Waals surface area contributed by atoms with Crippen LogP contribution in [0, 0.1) is 16.7 Å². The highest BCUT2D eigenvalue weighted by molar-refractivity contribution is 8.13. The Kier molecular flexibility index (Phi) is 2.30. The number of fused-ring (bicyclic) bond motifs is 2. The molecule has 3 nitrogen and oxygen atoms in total. The Hall–Kier alpha value is 0.200. The van der Waals surface area contributed by atoms with Gasteiger partial charge in [-0.15, -0.1) is 0 Å². The lowest BCUT2D eigenvalue weighted by molar-refractivity contribution is -0.0495. The van der Waals surface area contributed by atoms with Crippen molar-refractivity contribution in [1.29, 1.82) is 0 Å². The van der Waals surface area contributed by atoms with Gasteiger partial charge in [-0.25, -0.2) is 8.42 Å². The molecule has 0 aromatic heterocycles. The summed E-state index contributed by atoms with van der Waals surface area (Å²) in [6.45, 7) is 5.20. The third-order valence-electron chi connectivity index (χ3n) is 5.10. The predicted octanol–water partition coefficient (Wildman–Crippen LogP) is 2.54. The molecule has 3 fully saturated rings. The number of rotatable bonds is 2. The topological polar surface area (TPSA) is 43.4 Å². The van der Waals surface area contributed by atoms with Gasteiger partial charge in [-0.3, -0.25) is 0 Å². The fraction of sp³-hybridized carbons (Fsp3) is 1.00. The maximum Gasteiger partial charge on any atom is 0.233 e. The van der Waals surface area contributed by atoms with Crippen LogP contribution in [0.3, 0.4) is 0 Å². The Balaban J connectivity index is 1.92. The van der Waals surface area contributed by atoms with E-state index in [1.54, 1.807) is 0 Å². The van der Waals surface area contributed by atoms with E-state index in [2.05, 4.69) is 13.8 Å². The Morgan fingerprint density at radius 3 is 2.53 bits per heavy atom. The van der Waals surface area contributed by atoms with Gasteiger partial charge in [0, 0.05) is 16.1 Å². The lowest BCUT2D eigenvalue weighted by atomic mass is 9.80. The fourth-order valence-electron chi connectivity index (χ4n) is 4.22. The summed E-state index contributed by atoms with van der Waals surface area (Å²) in [6.07, 6.45) is 4.06. The molecule has 17 heavy (non-hydrogen) atoms. The number of hydrogen-bond donors (Lipinski definition) is 0. The predicted molar refractivity (Wildman–Crippen MR) is 66.5 cm³/mol. The van der Waals surface area contributed by atoms with Crippen molar-refractivity contribution in [1.82, 2.24) is 0 Å². The van der Waals surface area contributed by atoms with Crippen molar-refractivity contribution >= 4 is 19.7 Å². The van der Waals surface area contributed by atoms with E-state index in [1.165, 1.54) is 0 Å². The van der Waals surface area contributed by atoms with Crippen molar-refractivity contribution < 1.29 is 13.2 Å². The van der Waals surface area contributed by atoms with E-state index in [1.807, 2.05) is 0 Å². The Morgan fingerprint density at radius 1 is 1.35 bits per heavy atom. The van der Waals surface area contributed by atoms with Gasteiger partial charge in [0.25, 0.3) is 0 Å². The maximum absolute atomic E-state index is 11.4. The standard InChI is InChI=1S/C12H19ClO3S/c1-10(2)3-4-12(7-10)11(8-17(13,14)15)5-9(11)6-16-12/h9H,3-8H2,1-2H3. The second-order valence-corrected chi connectivity index (χ2v) is 9.66. The second-order valence-electron chi connectivity index (χ2n) is 6.89. The molecule has 98 valence electrons. The van der Waals surface area contributed by atoms with Crippen LogP contribution in [0.1, 0.15) is 39.5 Å². The van der Waals surface area contributed by atoms with Crippen LogP contribution in [0.4, 0.5) is 0 Å². The largest absolute Gasteiger partial charge is 0.374 e. The van der Waals surface area contributed by atoms with Gasteiger partial charge < -0.3 is 4.74 Å². The molecule has 0 aromatic rings. The van der Waals surface area contributed by atoms with Crippen molar-refractivity contribution in [3.05, 3.63) is 0 Å². The third-order valence-corrected chi connectivity index (χ3v) is 6.29. The zero-order valence-electron chi connectivity index (χ0n) is 10.3. The smallest absolute Gasteiger partial charge is 0.233 e. The molecule has 2 aliphatic carbocycles. The van der Waals surface area contributed by atoms with Crippen LogP contribution in [0.2, 0.25) is 0 Å². The van der Waals surface area contributed by atoms with E-state index >= 15 is 0 Å². The zero-order chi connectivity index (χ0) is 12.5. The molecule has 3 aliphatic rings. The summed E-state index contributed by atoms with van der Waals surface area (Å²) < 4.78 is 28.9. The number of ether oxygens (including phenoxy) is 1. The molecule has 3 atom stereocenters. The van der Waals surface area contributed by atoms with Gasteiger partial charge >= 0.3 is 0 Å². The molecule has 5 heteroatoms. The van der Waals surface area contributed by atoms with Crippen molar-refractivity contribution in [2.24, 2.45) is 16.7 Å². The Morgan fingerprint density at radius 2 is 2.06 bits per heavy atom. The van der Waals surface area contributed by atoms with Gasteiger partial charge in [0.2, 0.25) is 9.05 Å². The molecule has 1 aliphatic heterocycles. The normalized spacial score (nSPS) is 47.4. The first-order valence-electron chi connectivity index (χ1n) is 6.25. The van der Waals surface area contributed by atoms with Crippen LogP contribution in [-0.4, -0.2) is 26.4 Å². The van der Waals surface area contributed by atoms with E-state index in [0.29, 0.717) is 5.92 Å². The lowest BCUT2D eigenvalue weighted by Gasteiger charge is -2.35. The molecule has 0 bridgehead atoms. The zero-order valence-corrected chi connectivity index (χ0v) is 11.9. The summed E-state index contributed by atoms with van der Waals surface area (Å²) in [4.78, 5) is 0. The maximum atomic E-state index is 11.4. The van der Waals surface area contributed by atoms with Crippen LogP contribution >= 0.6 is 10.7 Å². The summed E-state index contributed by atoms with van der Waals surface area (Å²) in [6, 6.07) is 0. The summed E-state index contributed by atoms with van der Waals surface area (Å²) >= 11 is 0. The summed E-state index contributed by atoms with van der Waals surface area (Å²) in [7, 11) is 2.05. The minimum atomic E-state index is -3.43. The van der Waals surface area contributed by atoms with E-state index in [0.717, 1.165) is 32.3 Å². The average Bonchev–Trinajstić information content (AvgIpc) is 2.63. The van der Waals surface area contributed by atoms with Gasteiger partial charge in [0.1, 0.15) is 0 Å². The highest BCUT2D eigenvalue weighted by atomic mass is 35.7. The summed E-state index contributed by atoms with van der Waals surface area (Å²) in [5.41, 5.74) is -0.106. The molecule has 0 amide bonds. The average molecular weight is 279 g/mol. The molecule has 1 saturated heterocycles. The molecule has 0 aromatic carbocycles. The monoisotopic (exact) mass is 278 g/mol. The molecular formula is C12H19ClO3S. The Labute approximate surface area is 107 Å².